The molecule has 1 aliphatic rings. The number of rotatable bonds is 6. The molecule has 1 aromatic heterocycles. The average Bonchev–Trinajstić information content (AvgIpc) is 2.91. The second-order valence-electron chi connectivity index (χ2n) is 3.53. The molecule has 1 fully saturated rings. The van der Waals surface area contributed by atoms with E-state index in [9.17, 15) is 0 Å². The fourth-order valence-electron chi connectivity index (χ4n) is 1.60. The smallest absolute Gasteiger partial charge is 0.205 e. The van der Waals surface area contributed by atoms with Gasteiger partial charge in [0.15, 0.2) is 0 Å². The van der Waals surface area contributed by atoms with Crippen molar-refractivity contribution in [1.82, 2.24) is 15.1 Å². The van der Waals surface area contributed by atoms with Crippen LogP contribution < -0.4 is 5.32 Å². The summed E-state index contributed by atoms with van der Waals surface area (Å²) in [6.07, 6.45) is 2.76. The van der Waals surface area contributed by atoms with Crippen molar-refractivity contribution in [2.45, 2.75) is 25.8 Å². The van der Waals surface area contributed by atoms with Crippen molar-refractivity contribution < 1.29 is 0 Å². The van der Waals surface area contributed by atoms with Crippen LogP contribution in [0.2, 0.25) is 0 Å². The molecule has 1 saturated carbocycles. The number of anilines is 1. The lowest BCUT2D eigenvalue weighted by atomic mass is 10.4. The van der Waals surface area contributed by atoms with Crippen molar-refractivity contribution in [2.75, 3.05) is 25.0 Å². The highest BCUT2D eigenvalue weighted by atomic mass is 32.1. The van der Waals surface area contributed by atoms with E-state index in [1.165, 1.54) is 12.8 Å². The number of hydrogen-bond acceptors (Lipinski definition) is 5. The first-order valence-electron chi connectivity index (χ1n) is 5.14. The highest BCUT2D eigenvalue weighted by Gasteiger charge is 2.27. The largest absolute Gasteiger partial charge is 0.359 e. The van der Waals surface area contributed by atoms with E-state index in [4.69, 9.17) is 0 Å². The molecule has 0 unspecified atom stereocenters. The first-order valence-corrected chi connectivity index (χ1v) is 6.02. The van der Waals surface area contributed by atoms with Gasteiger partial charge in [0.2, 0.25) is 5.13 Å². The Kier molecular flexibility index (Phi) is 3.31. The van der Waals surface area contributed by atoms with Crippen molar-refractivity contribution in [3.8, 4) is 0 Å². The van der Waals surface area contributed by atoms with Crippen LogP contribution in [0.4, 0.5) is 5.13 Å². The molecule has 14 heavy (non-hydrogen) atoms. The van der Waals surface area contributed by atoms with Crippen LogP contribution in [0.15, 0.2) is 5.51 Å². The van der Waals surface area contributed by atoms with E-state index in [0.29, 0.717) is 0 Å². The molecule has 1 heterocycles. The second-order valence-corrected chi connectivity index (χ2v) is 4.36. The van der Waals surface area contributed by atoms with Gasteiger partial charge in [-0.05, 0) is 19.4 Å². The summed E-state index contributed by atoms with van der Waals surface area (Å²) < 4.78 is 0. The molecule has 0 aromatic carbocycles. The molecule has 0 atom stereocenters. The normalized spacial score (nSPS) is 16.1. The molecule has 0 radical (unpaired) electrons. The van der Waals surface area contributed by atoms with Crippen molar-refractivity contribution in [3.05, 3.63) is 5.51 Å². The van der Waals surface area contributed by atoms with Crippen molar-refractivity contribution in [1.29, 1.82) is 0 Å². The molecule has 0 saturated heterocycles. The van der Waals surface area contributed by atoms with Gasteiger partial charge in [0.1, 0.15) is 5.51 Å². The molecule has 4 nitrogen and oxygen atoms in total. The average molecular weight is 212 g/mol. The minimum absolute atomic E-state index is 0.858. The molecule has 1 N–H and O–H groups in total. The number of nitrogens with zero attached hydrogens (tertiary/aromatic N) is 3. The molecule has 1 aromatic rings. The molecule has 2 rings (SSSR count). The minimum atomic E-state index is 0.858. The number of nitrogens with one attached hydrogen (secondary N) is 1. The summed E-state index contributed by atoms with van der Waals surface area (Å²) >= 11 is 1.55. The van der Waals surface area contributed by atoms with Crippen LogP contribution in [0.25, 0.3) is 0 Å². The van der Waals surface area contributed by atoms with E-state index in [1.54, 1.807) is 16.8 Å². The first-order chi connectivity index (χ1) is 6.90. The van der Waals surface area contributed by atoms with Gasteiger partial charge in [0.05, 0.1) is 0 Å². The summed E-state index contributed by atoms with van der Waals surface area (Å²) in [7, 11) is 0. The van der Waals surface area contributed by atoms with Crippen LogP contribution in [0.1, 0.15) is 19.8 Å². The summed E-state index contributed by atoms with van der Waals surface area (Å²) in [5.41, 5.74) is 1.75. The Morgan fingerprint density at radius 3 is 3.07 bits per heavy atom. The molecule has 0 bridgehead atoms. The summed E-state index contributed by atoms with van der Waals surface area (Å²) in [4.78, 5) is 2.52. The lowest BCUT2D eigenvalue weighted by Crippen LogP contribution is -2.30. The maximum atomic E-state index is 3.94. The summed E-state index contributed by atoms with van der Waals surface area (Å²) in [6.45, 7) is 5.46. The molecule has 78 valence electrons. The Balaban J connectivity index is 1.66. The van der Waals surface area contributed by atoms with Crippen molar-refractivity contribution in [2.24, 2.45) is 0 Å². The molecule has 0 spiro atoms. The molecule has 1 aliphatic carbocycles. The van der Waals surface area contributed by atoms with Gasteiger partial charge in [-0.2, -0.15) is 0 Å². The standard InChI is InChI=1S/C9H16N4S/c1-2-13(8-3-4-8)6-5-10-9-12-11-7-14-9/h7-8H,2-6H2,1H3,(H,10,12). The zero-order chi connectivity index (χ0) is 9.80. The predicted octanol–water partition coefficient (Wildman–Crippen LogP) is 1.43. The van der Waals surface area contributed by atoms with Crippen LogP contribution in [0, 0.1) is 0 Å². The van der Waals surface area contributed by atoms with Crippen LogP contribution in [0.3, 0.4) is 0 Å². The first kappa shape index (κ1) is 9.86. The van der Waals surface area contributed by atoms with E-state index in [-0.39, 0.29) is 0 Å². The maximum absolute atomic E-state index is 3.94. The van der Waals surface area contributed by atoms with Crippen LogP contribution in [-0.4, -0.2) is 40.8 Å². The van der Waals surface area contributed by atoms with Gasteiger partial charge in [-0.15, -0.1) is 10.2 Å². The topological polar surface area (TPSA) is 41.0 Å². The summed E-state index contributed by atoms with van der Waals surface area (Å²) in [5, 5.41) is 11.9. The lowest BCUT2D eigenvalue weighted by Gasteiger charge is -2.19. The summed E-state index contributed by atoms with van der Waals surface area (Å²) in [5.74, 6) is 0. The fourth-order valence-corrected chi connectivity index (χ4v) is 2.07. The number of hydrogen-bond donors (Lipinski definition) is 1. The second kappa shape index (κ2) is 4.70. The van der Waals surface area contributed by atoms with E-state index in [2.05, 4.69) is 27.3 Å². The van der Waals surface area contributed by atoms with Gasteiger partial charge in [0, 0.05) is 19.1 Å². The van der Waals surface area contributed by atoms with Gasteiger partial charge in [-0.3, -0.25) is 4.90 Å². The van der Waals surface area contributed by atoms with E-state index in [0.717, 1.165) is 30.8 Å². The summed E-state index contributed by atoms with van der Waals surface area (Å²) in [6, 6.07) is 0.858. The Hall–Kier alpha value is -0.680. The van der Waals surface area contributed by atoms with Gasteiger partial charge in [-0.25, -0.2) is 0 Å². The lowest BCUT2D eigenvalue weighted by molar-refractivity contribution is 0.289. The van der Waals surface area contributed by atoms with Crippen molar-refractivity contribution >= 4 is 16.5 Å². The van der Waals surface area contributed by atoms with Gasteiger partial charge < -0.3 is 5.32 Å². The third kappa shape index (κ3) is 2.65. The predicted molar refractivity (Wildman–Crippen MR) is 58.7 cm³/mol. The third-order valence-electron chi connectivity index (χ3n) is 2.50. The Labute approximate surface area is 88.3 Å². The van der Waals surface area contributed by atoms with Gasteiger partial charge in [0.25, 0.3) is 0 Å². The number of aromatic nitrogens is 2. The quantitative estimate of drug-likeness (QED) is 0.774. The Morgan fingerprint density at radius 2 is 2.50 bits per heavy atom. The maximum Gasteiger partial charge on any atom is 0.205 e. The Bertz CT molecular complexity index is 258. The molecular weight excluding hydrogens is 196 g/mol. The zero-order valence-corrected chi connectivity index (χ0v) is 9.26. The fraction of sp³-hybridized carbons (Fsp3) is 0.778. The van der Waals surface area contributed by atoms with Gasteiger partial charge >= 0.3 is 0 Å². The minimum Gasteiger partial charge on any atom is -0.359 e. The number of likely N-dealkylation sites (N-methyl/N-ethyl adjacent to an activating group) is 1. The molecule has 0 amide bonds. The van der Waals surface area contributed by atoms with E-state index in [1.807, 2.05) is 0 Å². The SMILES string of the molecule is CCN(CCNc1nncs1)C1CC1. The van der Waals surface area contributed by atoms with Crippen LogP contribution >= 0.6 is 11.3 Å². The molecule has 0 aliphatic heterocycles. The zero-order valence-electron chi connectivity index (χ0n) is 8.44. The third-order valence-corrected chi connectivity index (χ3v) is 3.15. The Morgan fingerprint density at radius 1 is 1.64 bits per heavy atom. The highest BCUT2D eigenvalue weighted by Crippen LogP contribution is 2.25. The van der Waals surface area contributed by atoms with Crippen LogP contribution in [-0.2, 0) is 0 Å². The molecule has 5 heteroatoms. The van der Waals surface area contributed by atoms with Crippen LogP contribution in [0.5, 0.6) is 0 Å². The monoisotopic (exact) mass is 212 g/mol. The van der Waals surface area contributed by atoms with E-state index < -0.39 is 0 Å². The van der Waals surface area contributed by atoms with Crippen molar-refractivity contribution in [3.63, 3.8) is 0 Å². The van der Waals surface area contributed by atoms with Gasteiger partial charge in [-0.1, -0.05) is 18.3 Å². The molecular formula is C9H16N4S. The van der Waals surface area contributed by atoms with E-state index >= 15 is 0 Å². The highest BCUT2D eigenvalue weighted by molar-refractivity contribution is 7.13.